The number of carbonyl (C=O) groups excluding carboxylic acids is 2. The van der Waals surface area contributed by atoms with E-state index in [1.165, 1.54) is 18.4 Å². The van der Waals surface area contributed by atoms with Crippen LogP contribution in [0.3, 0.4) is 0 Å². The minimum absolute atomic E-state index is 0.0127. The van der Waals surface area contributed by atoms with Crippen molar-refractivity contribution in [3.63, 3.8) is 0 Å². The van der Waals surface area contributed by atoms with E-state index in [1.807, 2.05) is 26.0 Å². The van der Waals surface area contributed by atoms with Crippen molar-refractivity contribution < 1.29 is 9.59 Å². The fraction of sp³-hybridized carbons (Fsp3) is 0.524. The van der Waals surface area contributed by atoms with Crippen LogP contribution in [0.25, 0.3) is 0 Å². The summed E-state index contributed by atoms with van der Waals surface area (Å²) in [7, 11) is 0. The molecule has 0 atom stereocenters. The second-order valence-corrected chi connectivity index (χ2v) is 7.51. The highest BCUT2D eigenvalue weighted by Crippen LogP contribution is 2.27. The first-order valence-electron chi connectivity index (χ1n) is 9.37. The van der Waals surface area contributed by atoms with Crippen molar-refractivity contribution in [1.29, 1.82) is 0 Å². The molecule has 2 rings (SSSR count). The van der Waals surface area contributed by atoms with Gasteiger partial charge in [-0.05, 0) is 63.1 Å². The summed E-state index contributed by atoms with van der Waals surface area (Å²) in [5.74, 6) is -0.110. The second-order valence-electron chi connectivity index (χ2n) is 7.10. The fourth-order valence-electron chi connectivity index (χ4n) is 3.35. The molecule has 2 amide bonds. The molecule has 1 aliphatic carbocycles. The van der Waals surface area contributed by atoms with Gasteiger partial charge < -0.3 is 10.2 Å². The van der Waals surface area contributed by atoms with Crippen molar-refractivity contribution in [2.24, 2.45) is 0 Å². The molecule has 26 heavy (non-hydrogen) atoms. The van der Waals surface area contributed by atoms with E-state index >= 15 is 0 Å². The van der Waals surface area contributed by atoms with Crippen LogP contribution in [-0.2, 0) is 9.59 Å². The molecule has 0 radical (unpaired) electrons. The zero-order valence-electron chi connectivity index (χ0n) is 16.0. The summed E-state index contributed by atoms with van der Waals surface area (Å²) in [6.07, 6.45) is 8.26. The Kier molecular flexibility index (Phi) is 7.70. The lowest BCUT2D eigenvalue weighted by atomic mass is 9.97. The Morgan fingerprint density at radius 2 is 1.96 bits per heavy atom. The van der Waals surface area contributed by atoms with Gasteiger partial charge in [-0.15, -0.1) is 0 Å². The van der Waals surface area contributed by atoms with Gasteiger partial charge in [0.1, 0.15) is 0 Å². The first kappa shape index (κ1) is 20.5. The summed E-state index contributed by atoms with van der Waals surface area (Å²) >= 11 is 6.24. The molecule has 1 aromatic rings. The number of carbonyl (C=O) groups is 2. The van der Waals surface area contributed by atoms with Gasteiger partial charge in [-0.2, -0.15) is 0 Å². The predicted molar refractivity (Wildman–Crippen MR) is 108 cm³/mol. The highest BCUT2D eigenvalue weighted by atomic mass is 35.5. The topological polar surface area (TPSA) is 49.4 Å². The van der Waals surface area contributed by atoms with E-state index in [1.54, 1.807) is 11.8 Å². The Bertz CT molecular complexity index is 674. The number of hydrogen-bond acceptors (Lipinski definition) is 2. The van der Waals surface area contributed by atoms with Crippen LogP contribution in [0.1, 0.15) is 56.6 Å². The third-order valence-electron chi connectivity index (χ3n) is 4.84. The summed E-state index contributed by atoms with van der Waals surface area (Å²) in [5.41, 5.74) is 4.10. The van der Waals surface area contributed by atoms with E-state index in [9.17, 15) is 9.59 Å². The van der Waals surface area contributed by atoms with Crippen LogP contribution in [0.4, 0.5) is 5.69 Å². The standard InChI is InChI=1S/C21H29ClN2O2/c1-15-13-16(2)21(19(22)14-15)23-20(26)10-12-24(17(3)25)11-9-18-7-5-4-6-8-18/h7,13-14H,4-6,8-12H2,1-3H3,(H,23,26). The number of halogens is 1. The third-order valence-corrected chi connectivity index (χ3v) is 5.14. The Morgan fingerprint density at radius 1 is 1.19 bits per heavy atom. The van der Waals surface area contributed by atoms with Crippen LogP contribution in [0.2, 0.25) is 5.02 Å². The van der Waals surface area contributed by atoms with Gasteiger partial charge in [-0.1, -0.05) is 29.3 Å². The van der Waals surface area contributed by atoms with Crippen LogP contribution in [0, 0.1) is 13.8 Å². The SMILES string of the molecule is CC(=O)N(CCC(=O)Nc1c(C)cc(C)cc1Cl)CCC1=CCCCC1. The molecule has 0 fully saturated rings. The van der Waals surface area contributed by atoms with Crippen molar-refractivity contribution >= 4 is 29.1 Å². The van der Waals surface area contributed by atoms with E-state index in [-0.39, 0.29) is 18.2 Å². The van der Waals surface area contributed by atoms with Gasteiger partial charge in [0.25, 0.3) is 0 Å². The number of allylic oxidation sites excluding steroid dienone is 1. The molecule has 0 saturated carbocycles. The van der Waals surface area contributed by atoms with Gasteiger partial charge in [0.15, 0.2) is 0 Å². The van der Waals surface area contributed by atoms with Gasteiger partial charge in [-0.25, -0.2) is 0 Å². The number of rotatable bonds is 7. The van der Waals surface area contributed by atoms with Gasteiger partial charge in [0, 0.05) is 26.4 Å². The van der Waals surface area contributed by atoms with Crippen LogP contribution < -0.4 is 5.32 Å². The molecule has 0 aromatic heterocycles. The van der Waals surface area contributed by atoms with E-state index in [2.05, 4.69) is 11.4 Å². The van der Waals surface area contributed by atoms with Crippen molar-refractivity contribution in [2.75, 3.05) is 18.4 Å². The number of benzene rings is 1. The zero-order valence-corrected chi connectivity index (χ0v) is 16.8. The molecule has 0 heterocycles. The van der Waals surface area contributed by atoms with E-state index in [0.29, 0.717) is 23.8 Å². The normalized spacial score (nSPS) is 13.9. The smallest absolute Gasteiger partial charge is 0.226 e. The maximum atomic E-state index is 12.3. The number of amides is 2. The summed E-state index contributed by atoms with van der Waals surface area (Å²) in [4.78, 5) is 26.0. The molecule has 1 aliphatic rings. The van der Waals surface area contributed by atoms with Crippen LogP contribution in [0.5, 0.6) is 0 Å². The highest BCUT2D eigenvalue weighted by Gasteiger charge is 2.14. The Labute approximate surface area is 161 Å². The first-order valence-corrected chi connectivity index (χ1v) is 9.74. The van der Waals surface area contributed by atoms with Gasteiger partial charge in [0.2, 0.25) is 11.8 Å². The van der Waals surface area contributed by atoms with Crippen molar-refractivity contribution in [3.8, 4) is 0 Å². The van der Waals surface area contributed by atoms with E-state index < -0.39 is 0 Å². The molecule has 4 nitrogen and oxygen atoms in total. The first-order chi connectivity index (χ1) is 12.4. The van der Waals surface area contributed by atoms with Gasteiger partial charge in [0.05, 0.1) is 10.7 Å². The molecule has 0 aliphatic heterocycles. The largest absolute Gasteiger partial charge is 0.342 e. The van der Waals surface area contributed by atoms with Crippen LogP contribution in [0.15, 0.2) is 23.8 Å². The summed E-state index contributed by atoms with van der Waals surface area (Å²) < 4.78 is 0. The molecule has 0 unspecified atom stereocenters. The monoisotopic (exact) mass is 376 g/mol. The number of nitrogens with one attached hydrogen (secondary N) is 1. The summed E-state index contributed by atoms with van der Waals surface area (Å²) in [5, 5.41) is 3.43. The lowest BCUT2D eigenvalue weighted by molar-refractivity contribution is -0.129. The maximum absolute atomic E-state index is 12.3. The molecule has 5 heteroatoms. The Balaban J connectivity index is 1.87. The lowest BCUT2D eigenvalue weighted by Crippen LogP contribution is -2.33. The average molecular weight is 377 g/mol. The predicted octanol–water partition coefficient (Wildman–Crippen LogP) is 5.02. The van der Waals surface area contributed by atoms with Gasteiger partial charge in [-0.3, -0.25) is 9.59 Å². The average Bonchev–Trinajstić information content (AvgIpc) is 2.58. The summed E-state index contributed by atoms with van der Waals surface area (Å²) in [6, 6.07) is 3.82. The minimum atomic E-state index is -0.123. The van der Waals surface area contributed by atoms with Gasteiger partial charge >= 0.3 is 0 Å². The number of anilines is 1. The molecule has 0 saturated heterocycles. The summed E-state index contributed by atoms with van der Waals surface area (Å²) in [6.45, 7) is 6.56. The number of nitrogens with zero attached hydrogens (tertiary/aromatic N) is 1. The third kappa shape index (κ3) is 6.17. The minimum Gasteiger partial charge on any atom is -0.342 e. The molecule has 142 valence electrons. The highest BCUT2D eigenvalue weighted by molar-refractivity contribution is 6.34. The number of hydrogen-bond donors (Lipinski definition) is 1. The zero-order chi connectivity index (χ0) is 19.1. The Morgan fingerprint density at radius 3 is 2.58 bits per heavy atom. The molecule has 1 N–H and O–H groups in total. The second kappa shape index (κ2) is 9.77. The van der Waals surface area contributed by atoms with E-state index in [4.69, 9.17) is 11.6 Å². The van der Waals surface area contributed by atoms with Crippen LogP contribution >= 0.6 is 11.6 Å². The molecule has 0 bridgehead atoms. The molecule has 1 aromatic carbocycles. The Hall–Kier alpha value is -1.81. The number of aryl methyl sites for hydroxylation is 2. The fourth-order valence-corrected chi connectivity index (χ4v) is 3.72. The maximum Gasteiger partial charge on any atom is 0.226 e. The van der Waals surface area contributed by atoms with Crippen molar-refractivity contribution in [2.45, 2.75) is 59.3 Å². The molecular weight excluding hydrogens is 348 g/mol. The molecular formula is C21H29ClN2O2. The molecule has 0 spiro atoms. The van der Waals surface area contributed by atoms with E-state index in [0.717, 1.165) is 30.4 Å². The lowest BCUT2D eigenvalue weighted by Gasteiger charge is -2.22. The quantitative estimate of drug-likeness (QED) is 0.679. The van der Waals surface area contributed by atoms with Crippen LogP contribution in [-0.4, -0.2) is 29.8 Å². The van der Waals surface area contributed by atoms with Crippen molar-refractivity contribution in [3.05, 3.63) is 39.9 Å². The van der Waals surface area contributed by atoms with Crippen molar-refractivity contribution in [1.82, 2.24) is 4.90 Å².